The van der Waals surface area contributed by atoms with Gasteiger partial charge in [0.2, 0.25) is 5.91 Å². The maximum atomic E-state index is 12.3. The molecule has 1 aromatic rings. The number of hydrogen-bond acceptors (Lipinski definition) is 4. The van der Waals surface area contributed by atoms with Crippen molar-refractivity contribution in [3.05, 3.63) is 16.5 Å². The summed E-state index contributed by atoms with van der Waals surface area (Å²) in [5.41, 5.74) is 0.846. The molecule has 21 heavy (non-hydrogen) atoms. The van der Waals surface area contributed by atoms with Crippen LogP contribution in [0.4, 0.5) is 5.82 Å². The van der Waals surface area contributed by atoms with E-state index in [-0.39, 0.29) is 5.91 Å². The first-order valence-electron chi connectivity index (χ1n) is 7.48. The van der Waals surface area contributed by atoms with E-state index in [0.29, 0.717) is 17.6 Å². The number of amides is 1. The third kappa shape index (κ3) is 3.64. The van der Waals surface area contributed by atoms with Gasteiger partial charge in [0.05, 0.1) is 6.54 Å². The molecular weight excluding hydrogens is 288 g/mol. The van der Waals surface area contributed by atoms with Crippen LogP contribution in [0.5, 0.6) is 0 Å². The van der Waals surface area contributed by atoms with Crippen LogP contribution in [0.2, 0.25) is 5.15 Å². The smallest absolute Gasteiger partial charge is 0.242 e. The molecule has 1 fully saturated rings. The number of rotatable bonds is 4. The fourth-order valence-electron chi connectivity index (χ4n) is 2.51. The van der Waals surface area contributed by atoms with Crippen LogP contribution in [0.1, 0.15) is 32.2 Å². The summed E-state index contributed by atoms with van der Waals surface area (Å²) in [4.78, 5) is 25.0. The van der Waals surface area contributed by atoms with E-state index in [1.54, 1.807) is 0 Å². The van der Waals surface area contributed by atoms with Gasteiger partial charge in [0.25, 0.3) is 0 Å². The Morgan fingerprint density at radius 2 is 2.00 bits per heavy atom. The third-order valence-electron chi connectivity index (χ3n) is 3.63. The molecule has 1 aliphatic heterocycles. The highest BCUT2D eigenvalue weighted by atomic mass is 35.5. The Hall–Kier alpha value is -1.36. The molecular formula is C15H23ClN4O. The van der Waals surface area contributed by atoms with Crippen LogP contribution < -0.4 is 4.90 Å². The highest BCUT2D eigenvalue weighted by Crippen LogP contribution is 2.25. The first kappa shape index (κ1) is 16.0. The average molecular weight is 311 g/mol. The minimum absolute atomic E-state index is 0.155. The Balaban J connectivity index is 2.18. The molecule has 0 radical (unpaired) electrons. The van der Waals surface area contributed by atoms with Crippen molar-refractivity contribution < 1.29 is 4.79 Å². The molecule has 2 rings (SSSR count). The molecule has 1 amide bonds. The Morgan fingerprint density at radius 3 is 2.57 bits per heavy atom. The minimum Gasteiger partial charge on any atom is -0.345 e. The summed E-state index contributed by atoms with van der Waals surface area (Å²) in [7, 11) is 0. The lowest BCUT2D eigenvalue weighted by Gasteiger charge is -2.36. The number of halogens is 1. The molecule has 0 N–H and O–H groups in total. The normalized spacial score (nSPS) is 16.0. The molecule has 0 unspecified atom stereocenters. The largest absolute Gasteiger partial charge is 0.345 e. The molecule has 5 nitrogen and oxygen atoms in total. The van der Waals surface area contributed by atoms with E-state index >= 15 is 0 Å². The quantitative estimate of drug-likeness (QED) is 0.801. The van der Waals surface area contributed by atoms with Crippen molar-refractivity contribution in [2.24, 2.45) is 5.92 Å². The van der Waals surface area contributed by atoms with E-state index in [0.717, 1.165) is 43.3 Å². The number of hydrogen-bond donors (Lipinski definition) is 0. The number of aryl methyl sites for hydroxylation is 1. The van der Waals surface area contributed by atoms with E-state index in [9.17, 15) is 4.79 Å². The van der Waals surface area contributed by atoms with E-state index in [1.165, 1.54) is 0 Å². The predicted molar refractivity (Wildman–Crippen MR) is 84.8 cm³/mol. The standard InChI is InChI=1S/C15H23ClN4O/c1-5-12-17-14(16)11(4)15(18-12)20-7-6-19(8-10(2)3)13(21)9-20/h10H,5-9H2,1-4H3. The van der Waals surface area contributed by atoms with E-state index in [4.69, 9.17) is 11.6 Å². The molecule has 116 valence electrons. The summed E-state index contributed by atoms with van der Waals surface area (Å²) in [5.74, 6) is 2.16. The van der Waals surface area contributed by atoms with Crippen molar-refractivity contribution in [3.63, 3.8) is 0 Å². The first-order valence-corrected chi connectivity index (χ1v) is 7.85. The van der Waals surface area contributed by atoms with Gasteiger partial charge in [0, 0.05) is 31.6 Å². The van der Waals surface area contributed by atoms with Crippen molar-refractivity contribution in [2.45, 2.75) is 34.1 Å². The Labute approximate surface area is 131 Å². The second-order valence-corrected chi connectivity index (χ2v) is 6.25. The van der Waals surface area contributed by atoms with Gasteiger partial charge in [0.15, 0.2) is 0 Å². The minimum atomic E-state index is 0.155. The van der Waals surface area contributed by atoms with Gasteiger partial charge in [-0.15, -0.1) is 0 Å². The Morgan fingerprint density at radius 1 is 1.29 bits per heavy atom. The summed E-state index contributed by atoms with van der Waals surface area (Å²) in [6, 6.07) is 0. The van der Waals surface area contributed by atoms with Gasteiger partial charge in [-0.2, -0.15) is 0 Å². The van der Waals surface area contributed by atoms with Crippen molar-refractivity contribution in [3.8, 4) is 0 Å². The number of aromatic nitrogens is 2. The summed E-state index contributed by atoms with van der Waals surface area (Å²) in [6.07, 6.45) is 0.730. The number of nitrogens with zero attached hydrogens (tertiary/aromatic N) is 4. The van der Waals surface area contributed by atoms with Crippen molar-refractivity contribution in [1.29, 1.82) is 0 Å². The summed E-state index contributed by atoms with van der Waals surface area (Å²) >= 11 is 6.18. The lowest BCUT2D eigenvalue weighted by Crippen LogP contribution is -2.51. The molecule has 2 heterocycles. The molecule has 1 aliphatic rings. The van der Waals surface area contributed by atoms with Crippen molar-refractivity contribution in [1.82, 2.24) is 14.9 Å². The van der Waals surface area contributed by atoms with Crippen molar-refractivity contribution in [2.75, 3.05) is 31.1 Å². The van der Waals surface area contributed by atoms with E-state index in [1.807, 2.05) is 23.6 Å². The lowest BCUT2D eigenvalue weighted by molar-refractivity contribution is -0.131. The summed E-state index contributed by atoms with van der Waals surface area (Å²) < 4.78 is 0. The van der Waals surface area contributed by atoms with Crippen LogP contribution in [0.3, 0.4) is 0 Å². The number of piperazine rings is 1. The van der Waals surface area contributed by atoms with Crippen molar-refractivity contribution >= 4 is 23.3 Å². The van der Waals surface area contributed by atoms with Gasteiger partial charge in [-0.1, -0.05) is 32.4 Å². The molecule has 0 bridgehead atoms. The van der Waals surface area contributed by atoms with Crippen LogP contribution in [0.25, 0.3) is 0 Å². The van der Waals surface area contributed by atoms with Gasteiger partial charge in [-0.3, -0.25) is 4.79 Å². The highest BCUT2D eigenvalue weighted by Gasteiger charge is 2.26. The predicted octanol–water partition coefficient (Wildman–Crippen LogP) is 2.31. The first-order chi connectivity index (χ1) is 9.92. The summed E-state index contributed by atoms with van der Waals surface area (Å²) in [6.45, 7) is 10.9. The molecule has 0 aromatic carbocycles. The average Bonchev–Trinajstić information content (AvgIpc) is 2.43. The zero-order valence-corrected chi connectivity index (χ0v) is 13.9. The maximum absolute atomic E-state index is 12.3. The number of carbonyl (C=O) groups excluding carboxylic acids is 1. The Kier molecular flexibility index (Phi) is 5.04. The fraction of sp³-hybridized carbons (Fsp3) is 0.667. The summed E-state index contributed by atoms with van der Waals surface area (Å²) in [5, 5.41) is 0.480. The van der Waals surface area contributed by atoms with Gasteiger partial charge in [-0.05, 0) is 12.8 Å². The molecule has 0 aliphatic carbocycles. The SMILES string of the molecule is CCc1nc(Cl)c(C)c(N2CCN(CC(C)C)C(=O)C2)n1. The molecule has 1 aromatic heterocycles. The molecule has 0 saturated carbocycles. The van der Waals surface area contributed by atoms with Crippen LogP contribution in [0.15, 0.2) is 0 Å². The zero-order chi connectivity index (χ0) is 15.6. The molecule has 0 spiro atoms. The van der Waals surface area contributed by atoms with Crippen LogP contribution in [0, 0.1) is 12.8 Å². The van der Waals surface area contributed by atoms with Gasteiger partial charge in [-0.25, -0.2) is 9.97 Å². The third-order valence-corrected chi connectivity index (χ3v) is 3.99. The zero-order valence-electron chi connectivity index (χ0n) is 13.2. The Bertz CT molecular complexity index is 533. The maximum Gasteiger partial charge on any atom is 0.242 e. The molecule has 0 atom stereocenters. The van der Waals surface area contributed by atoms with Crippen LogP contribution in [-0.2, 0) is 11.2 Å². The number of anilines is 1. The van der Waals surface area contributed by atoms with Gasteiger partial charge < -0.3 is 9.80 Å². The lowest BCUT2D eigenvalue weighted by atomic mass is 10.2. The second-order valence-electron chi connectivity index (χ2n) is 5.89. The number of carbonyl (C=O) groups is 1. The van der Waals surface area contributed by atoms with Crippen LogP contribution in [-0.4, -0.2) is 47.0 Å². The van der Waals surface area contributed by atoms with E-state index < -0.39 is 0 Å². The highest BCUT2D eigenvalue weighted by molar-refractivity contribution is 6.30. The molecule has 1 saturated heterocycles. The van der Waals surface area contributed by atoms with Gasteiger partial charge >= 0.3 is 0 Å². The van der Waals surface area contributed by atoms with Gasteiger partial charge in [0.1, 0.15) is 16.8 Å². The second kappa shape index (κ2) is 6.60. The fourth-order valence-corrected chi connectivity index (χ4v) is 2.69. The molecule has 6 heteroatoms. The van der Waals surface area contributed by atoms with Crippen LogP contribution >= 0.6 is 11.6 Å². The topological polar surface area (TPSA) is 49.3 Å². The van der Waals surface area contributed by atoms with E-state index in [2.05, 4.69) is 23.8 Å². The monoisotopic (exact) mass is 310 g/mol.